The molecule has 0 unspecified atom stereocenters. The molecule has 1 heterocycles. The summed E-state index contributed by atoms with van der Waals surface area (Å²) in [6.45, 7) is 1.48. The number of para-hydroxylation sites is 1. The van der Waals surface area contributed by atoms with Crippen molar-refractivity contribution in [2.24, 2.45) is 5.73 Å². The zero-order valence-electron chi connectivity index (χ0n) is 13.4. The van der Waals surface area contributed by atoms with Gasteiger partial charge < -0.3 is 15.4 Å². The second-order valence-electron chi connectivity index (χ2n) is 5.80. The Hall–Kier alpha value is -2.82. The van der Waals surface area contributed by atoms with Gasteiger partial charge in [-0.25, -0.2) is 0 Å². The summed E-state index contributed by atoms with van der Waals surface area (Å²) in [4.78, 5) is 26.3. The van der Waals surface area contributed by atoms with Gasteiger partial charge in [0.15, 0.2) is 0 Å². The van der Waals surface area contributed by atoms with Gasteiger partial charge >= 0.3 is 0 Å². The summed E-state index contributed by atoms with van der Waals surface area (Å²) in [5, 5.41) is 0. The van der Waals surface area contributed by atoms with Crippen molar-refractivity contribution in [3.05, 3.63) is 65.7 Å². The number of nitrogens with zero attached hydrogens (tertiary/aromatic N) is 1. The molecule has 2 amide bonds. The summed E-state index contributed by atoms with van der Waals surface area (Å²) < 4.78 is 5.98. The minimum atomic E-state index is -0.787. The van der Waals surface area contributed by atoms with E-state index in [0.717, 1.165) is 31.5 Å². The Morgan fingerprint density at radius 3 is 2.25 bits per heavy atom. The van der Waals surface area contributed by atoms with E-state index in [1.165, 1.54) is 0 Å². The van der Waals surface area contributed by atoms with Crippen LogP contribution in [0.25, 0.3) is 0 Å². The van der Waals surface area contributed by atoms with E-state index in [0.29, 0.717) is 5.75 Å². The molecule has 5 nitrogen and oxygen atoms in total. The van der Waals surface area contributed by atoms with Gasteiger partial charge in [0.1, 0.15) is 5.75 Å². The minimum Gasteiger partial charge on any atom is -0.475 e. The number of ether oxygens (including phenoxy) is 1. The first kappa shape index (κ1) is 16.1. The summed E-state index contributed by atoms with van der Waals surface area (Å²) in [5.74, 6) is -0.338. The zero-order valence-corrected chi connectivity index (χ0v) is 13.4. The van der Waals surface area contributed by atoms with Crippen LogP contribution in [0.4, 0.5) is 0 Å². The maximum atomic E-state index is 12.9. The van der Waals surface area contributed by atoms with Gasteiger partial charge in [-0.1, -0.05) is 42.5 Å². The Bertz CT molecular complexity index is 724. The zero-order chi connectivity index (χ0) is 16.9. The molecule has 3 rings (SSSR count). The molecule has 2 N–H and O–H groups in total. The van der Waals surface area contributed by atoms with Crippen molar-refractivity contribution in [2.75, 3.05) is 13.1 Å². The van der Waals surface area contributed by atoms with E-state index in [9.17, 15) is 9.59 Å². The van der Waals surface area contributed by atoms with Crippen molar-refractivity contribution >= 4 is 11.8 Å². The lowest BCUT2D eigenvalue weighted by molar-refractivity contribution is -0.138. The van der Waals surface area contributed by atoms with Crippen molar-refractivity contribution < 1.29 is 14.3 Å². The predicted molar refractivity (Wildman–Crippen MR) is 90.6 cm³/mol. The van der Waals surface area contributed by atoms with Crippen LogP contribution in [0, 0.1) is 0 Å². The SMILES string of the molecule is NC(=O)c1ccccc1O[C@H](C(=O)N1CCCC1)c1ccccc1. The third kappa shape index (κ3) is 3.40. The number of nitrogens with two attached hydrogens (primary N) is 1. The summed E-state index contributed by atoms with van der Waals surface area (Å²) in [6.07, 6.45) is 1.22. The molecule has 1 fully saturated rings. The molecule has 0 bridgehead atoms. The van der Waals surface area contributed by atoms with E-state index >= 15 is 0 Å². The number of primary amides is 1. The first-order valence-corrected chi connectivity index (χ1v) is 8.06. The van der Waals surface area contributed by atoms with Crippen LogP contribution < -0.4 is 10.5 Å². The molecule has 0 radical (unpaired) electrons. The molecule has 1 aliphatic heterocycles. The topological polar surface area (TPSA) is 72.6 Å². The maximum absolute atomic E-state index is 12.9. The lowest BCUT2D eigenvalue weighted by Gasteiger charge is -2.25. The number of benzene rings is 2. The van der Waals surface area contributed by atoms with E-state index in [1.807, 2.05) is 35.2 Å². The quantitative estimate of drug-likeness (QED) is 0.918. The average molecular weight is 324 g/mol. The highest BCUT2D eigenvalue weighted by molar-refractivity contribution is 5.95. The highest BCUT2D eigenvalue weighted by Crippen LogP contribution is 2.28. The first-order chi connectivity index (χ1) is 11.7. The molecule has 24 heavy (non-hydrogen) atoms. The summed E-state index contributed by atoms with van der Waals surface area (Å²) in [5.41, 5.74) is 6.44. The molecule has 1 atom stereocenters. The van der Waals surface area contributed by atoms with Crippen LogP contribution in [-0.2, 0) is 4.79 Å². The van der Waals surface area contributed by atoms with E-state index in [4.69, 9.17) is 10.5 Å². The van der Waals surface area contributed by atoms with Gasteiger partial charge in [-0.15, -0.1) is 0 Å². The third-order valence-corrected chi connectivity index (χ3v) is 4.14. The number of likely N-dealkylation sites (tertiary alicyclic amines) is 1. The largest absolute Gasteiger partial charge is 0.475 e. The average Bonchev–Trinajstić information content (AvgIpc) is 3.15. The van der Waals surface area contributed by atoms with Crippen LogP contribution >= 0.6 is 0 Å². The minimum absolute atomic E-state index is 0.0852. The van der Waals surface area contributed by atoms with Crippen molar-refractivity contribution in [3.63, 3.8) is 0 Å². The van der Waals surface area contributed by atoms with Crippen molar-refractivity contribution in [3.8, 4) is 5.75 Å². The van der Waals surface area contributed by atoms with E-state index in [2.05, 4.69) is 0 Å². The Balaban J connectivity index is 1.93. The molecule has 2 aromatic carbocycles. The Morgan fingerprint density at radius 2 is 1.58 bits per heavy atom. The van der Waals surface area contributed by atoms with Crippen LogP contribution in [0.15, 0.2) is 54.6 Å². The Labute approximate surface area is 141 Å². The van der Waals surface area contributed by atoms with Gasteiger partial charge in [0.05, 0.1) is 5.56 Å². The van der Waals surface area contributed by atoms with Gasteiger partial charge in [-0.2, -0.15) is 0 Å². The standard InChI is InChI=1S/C19H20N2O3/c20-18(22)15-10-4-5-11-16(15)24-17(14-8-2-1-3-9-14)19(23)21-12-6-7-13-21/h1-5,8-11,17H,6-7,12-13H2,(H2,20,22)/t17-/m0/s1. The second-order valence-corrected chi connectivity index (χ2v) is 5.80. The van der Waals surface area contributed by atoms with Gasteiger partial charge in [-0.3, -0.25) is 9.59 Å². The van der Waals surface area contributed by atoms with E-state index < -0.39 is 12.0 Å². The van der Waals surface area contributed by atoms with Crippen molar-refractivity contribution in [1.29, 1.82) is 0 Å². The molecule has 0 spiro atoms. The number of carbonyl (C=O) groups is 2. The van der Waals surface area contributed by atoms with E-state index in [-0.39, 0.29) is 11.5 Å². The van der Waals surface area contributed by atoms with Crippen molar-refractivity contribution in [2.45, 2.75) is 18.9 Å². The van der Waals surface area contributed by atoms with Crippen LogP contribution in [0.2, 0.25) is 0 Å². The number of hydrogen-bond donors (Lipinski definition) is 1. The maximum Gasteiger partial charge on any atom is 0.268 e. The first-order valence-electron chi connectivity index (χ1n) is 8.06. The Kier molecular flexibility index (Phi) is 4.79. The molecule has 0 aliphatic carbocycles. The normalized spacial score (nSPS) is 15.1. The smallest absolute Gasteiger partial charge is 0.268 e. The number of rotatable bonds is 5. The lowest BCUT2D eigenvalue weighted by atomic mass is 10.1. The number of carbonyl (C=O) groups excluding carboxylic acids is 2. The molecular formula is C19H20N2O3. The monoisotopic (exact) mass is 324 g/mol. The highest BCUT2D eigenvalue weighted by atomic mass is 16.5. The molecule has 1 aliphatic rings. The fraction of sp³-hybridized carbons (Fsp3) is 0.263. The van der Waals surface area contributed by atoms with Gasteiger partial charge in [0.25, 0.3) is 11.8 Å². The predicted octanol–water partition coefficient (Wildman–Crippen LogP) is 2.53. The van der Waals surface area contributed by atoms with Gasteiger partial charge in [0, 0.05) is 18.7 Å². The molecule has 0 aromatic heterocycles. The molecule has 124 valence electrons. The second kappa shape index (κ2) is 7.17. The molecule has 1 saturated heterocycles. The van der Waals surface area contributed by atoms with Gasteiger partial charge in [-0.05, 0) is 25.0 Å². The number of hydrogen-bond acceptors (Lipinski definition) is 3. The number of amides is 2. The van der Waals surface area contributed by atoms with Crippen LogP contribution in [0.5, 0.6) is 5.75 Å². The molecular weight excluding hydrogens is 304 g/mol. The van der Waals surface area contributed by atoms with Gasteiger partial charge in [0.2, 0.25) is 6.10 Å². The van der Waals surface area contributed by atoms with Crippen LogP contribution in [0.3, 0.4) is 0 Å². The van der Waals surface area contributed by atoms with E-state index in [1.54, 1.807) is 24.3 Å². The van der Waals surface area contributed by atoms with Crippen molar-refractivity contribution in [1.82, 2.24) is 4.90 Å². The third-order valence-electron chi connectivity index (χ3n) is 4.14. The lowest BCUT2D eigenvalue weighted by Crippen LogP contribution is -2.35. The molecule has 5 heteroatoms. The fourth-order valence-electron chi connectivity index (χ4n) is 2.89. The van der Waals surface area contributed by atoms with Crippen LogP contribution in [0.1, 0.15) is 34.9 Å². The highest BCUT2D eigenvalue weighted by Gasteiger charge is 2.30. The molecule has 0 saturated carbocycles. The summed E-state index contributed by atoms with van der Waals surface area (Å²) in [6, 6.07) is 16.0. The Morgan fingerprint density at radius 1 is 0.958 bits per heavy atom. The molecule has 2 aromatic rings. The summed E-state index contributed by atoms with van der Waals surface area (Å²) >= 11 is 0. The summed E-state index contributed by atoms with van der Waals surface area (Å²) in [7, 11) is 0. The fourth-order valence-corrected chi connectivity index (χ4v) is 2.89. The van der Waals surface area contributed by atoms with Crippen LogP contribution in [-0.4, -0.2) is 29.8 Å².